The first-order valence-corrected chi connectivity index (χ1v) is 8.42. The molecule has 0 radical (unpaired) electrons. The average Bonchev–Trinajstić information content (AvgIpc) is 2.95. The molecule has 1 unspecified atom stereocenters. The van der Waals surface area contributed by atoms with Crippen molar-refractivity contribution in [2.75, 3.05) is 13.2 Å². The molecule has 1 aromatic heterocycles. The van der Waals surface area contributed by atoms with Gasteiger partial charge in [-0.05, 0) is 49.7 Å². The fourth-order valence-electron chi connectivity index (χ4n) is 1.87. The molecule has 2 rings (SSSR count). The number of hydrogen-bond acceptors (Lipinski definition) is 3. The number of urea groups is 1. The maximum atomic E-state index is 12.7. The van der Waals surface area contributed by atoms with Gasteiger partial charge in [0.15, 0.2) is 0 Å². The van der Waals surface area contributed by atoms with Gasteiger partial charge in [-0.15, -0.1) is 11.3 Å². The van der Waals surface area contributed by atoms with E-state index in [1.54, 1.807) is 12.1 Å². The molecule has 2 aromatic rings. The Bertz CT molecular complexity index is 633. The van der Waals surface area contributed by atoms with Gasteiger partial charge in [0.1, 0.15) is 11.6 Å². The number of rotatable bonds is 7. The maximum Gasteiger partial charge on any atom is 0.315 e. The highest BCUT2D eigenvalue weighted by molar-refractivity contribution is 7.16. The van der Waals surface area contributed by atoms with Crippen LogP contribution in [-0.2, 0) is 0 Å². The summed E-state index contributed by atoms with van der Waals surface area (Å²) >= 11 is 7.32. The summed E-state index contributed by atoms with van der Waals surface area (Å²) in [5.74, 6) is 0.316. The average molecular weight is 357 g/mol. The smallest absolute Gasteiger partial charge is 0.315 e. The molecule has 0 aliphatic carbocycles. The Morgan fingerprint density at radius 3 is 2.70 bits per heavy atom. The van der Waals surface area contributed by atoms with Gasteiger partial charge < -0.3 is 15.4 Å². The summed E-state index contributed by atoms with van der Waals surface area (Å²) in [6.07, 6.45) is 0.657. The number of halogens is 2. The molecule has 0 aliphatic rings. The van der Waals surface area contributed by atoms with Crippen LogP contribution in [-0.4, -0.2) is 19.2 Å². The Hall–Kier alpha value is -1.79. The molecule has 0 spiro atoms. The number of ether oxygens (including phenoxy) is 1. The van der Waals surface area contributed by atoms with Crippen LogP contribution >= 0.6 is 22.9 Å². The van der Waals surface area contributed by atoms with E-state index in [0.717, 1.165) is 4.88 Å². The molecule has 124 valence electrons. The molecular formula is C16H18ClFN2O2S. The Labute approximate surface area is 143 Å². The van der Waals surface area contributed by atoms with Crippen molar-refractivity contribution in [2.45, 2.75) is 19.4 Å². The number of nitrogens with one attached hydrogen (secondary N) is 2. The summed E-state index contributed by atoms with van der Waals surface area (Å²) in [5, 5.41) is 5.61. The zero-order valence-electron chi connectivity index (χ0n) is 12.6. The maximum absolute atomic E-state index is 12.7. The van der Waals surface area contributed by atoms with E-state index in [2.05, 4.69) is 10.6 Å². The lowest BCUT2D eigenvalue weighted by molar-refractivity contribution is 0.236. The van der Waals surface area contributed by atoms with Crippen LogP contribution in [0.3, 0.4) is 0 Å². The third kappa shape index (κ3) is 6.08. The van der Waals surface area contributed by atoms with E-state index < -0.39 is 0 Å². The van der Waals surface area contributed by atoms with Crippen molar-refractivity contribution < 1.29 is 13.9 Å². The van der Waals surface area contributed by atoms with Crippen LogP contribution in [0, 0.1) is 5.82 Å². The van der Waals surface area contributed by atoms with Crippen LogP contribution < -0.4 is 15.4 Å². The molecule has 0 fully saturated rings. The number of hydrogen-bond donors (Lipinski definition) is 2. The first-order chi connectivity index (χ1) is 11.0. The second-order valence-electron chi connectivity index (χ2n) is 4.92. The van der Waals surface area contributed by atoms with Crippen LogP contribution in [0.2, 0.25) is 4.34 Å². The molecule has 4 nitrogen and oxygen atoms in total. The quantitative estimate of drug-likeness (QED) is 0.724. The van der Waals surface area contributed by atoms with Crippen molar-refractivity contribution in [3.8, 4) is 5.75 Å². The van der Waals surface area contributed by atoms with Crippen molar-refractivity contribution in [3.05, 3.63) is 51.4 Å². The lowest BCUT2D eigenvalue weighted by Gasteiger charge is -2.13. The largest absolute Gasteiger partial charge is 0.494 e. The van der Waals surface area contributed by atoms with Crippen molar-refractivity contribution >= 4 is 29.0 Å². The van der Waals surface area contributed by atoms with E-state index in [4.69, 9.17) is 16.3 Å². The van der Waals surface area contributed by atoms with Crippen LogP contribution in [0.15, 0.2) is 36.4 Å². The topological polar surface area (TPSA) is 50.4 Å². The van der Waals surface area contributed by atoms with Crippen molar-refractivity contribution in [1.29, 1.82) is 0 Å². The molecule has 1 aromatic carbocycles. The van der Waals surface area contributed by atoms with Gasteiger partial charge in [0, 0.05) is 11.4 Å². The number of carbonyl (C=O) groups is 1. The van der Waals surface area contributed by atoms with Crippen molar-refractivity contribution in [1.82, 2.24) is 10.6 Å². The fraction of sp³-hybridized carbons (Fsp3) is 0.312. The second kappa shape index (κ2) is 8.74. The SMILES string of the molecule is CC(NC(=O)NCCCOc1ccc(F)cc1)c1ccc(Cl)s1. The molecule has 0 saturated carbocycles. The highest BCUT2D eigenvalue weighted by atomic mass is 35.5. The monoisotopic (exact) mass is 356 g/mol. The van der Waals surface area contributed by atoms with Gasteiger partial charge in [0.2, 0.25) is 0 Å². The molecule has 2 N–H and O–H groups in total. The summed E-state index contributed by atoms with van der Waals surface area (Å²) in [6, 6.07) is 9.22. The zero-order valence-corrected chi connectivity index (χ0v) is 14.2. The molecule has 23 heavy (non-hydrogen) atoms. The van der Waals surface area contributed by atoms with Gasteiger partial charge in [-0.1, -0.05) is 11.6 Å². The number of benzene rings is 1. The van der Waals surface area contributed by atoms with Gasteiger partial charge in [0.25, 0.3) is 0 Å². The Morgan fingerprint density at radius 2 is 2.04 bits per heavy atom. The Balaban J connectivity index is 1.60. The minimum absolute atomic E-state index is 0.0945. The standard InChI is InChI=1S/C16H18ClFN2O2S/c1-11(14-7-8-15(17)23-14)20-16(21)19-9-2-10-22-13-5-3-12(18)4-6-13/h3-8,11H,2,9-10H2,1H3,(H2,19,20,21). The van der Waals surface area contributed by atoms with Gasteiger partial charge >= 0.3 is 6.03 Å². The molecule has 1 heterocycles. The van der Waals surface area contributed by atoms with Gasteiger partial charge in [-0.2, -0.15) is 0 Å². The fourth-order valence-corrected chi connectivity index (χ4v) is 2.94. The molecule has 7 heteroatoms. The predicted molar refractivity (Wildman–Crippen MR) is 90.8 cm³/mol. The van der Waals surface area contributed by atoms with Gasteiger partial charge in [-0.3, -0.25) is 0 Å². The second-order valence-corrected chi connectivity index (χ2v) is 6.67. The zero-order chi connectivity index (χ0) is 16.7. The molecule has 0 aliphatic heterocycles. The minimum Gasteiger partial charge on any atom is -0.494 e. The molecule has 0 saturated heterocycles. The molecule has 0 bridgehead atoms. The van der Waals surface area contributed by atoms with E-state index >= 15 is 0 Å². The third-order valence-corrected chi connectivity index (χ3v) is 4.47. The third-order valence-electron chi connectivity index (χ3n) is 3.06. The first kappa shape index (κ1) is 17.6. The number of thiophene rings is 1. The van der Waals surface area contributed by atoms with Crippen LogP contribution in [0.1, 0.15) is 24.3 Å². The lowest BCUT2D eigenvalue weighted by Crippen LogP contribution is -2.37. The summed E-state index contributed by atoms with van der Waals surface area (Å²) in [4.78, 5) is 12.8. The number of amides is 2. The van der Waals surface area contributed by atoms with E-state index in [9.17, 15) is 9.18 Å². The van der Waals surface area contributed by atoms with Crippen LogP contribution in [0.25, 0.3) is 0 Å². The van der Waals surface area contributed by atoms with Gasteiger partial charge in [-0.25, -0.2) is 9.18 Å². The molecule has 2 amide bonds. The normalized spacial score (nSPS) is 11.8. The molecular weight excluding hydrogens is 339 g/mol. The highest BCUT2D eigenvalue weighted by Crippen LogP contribution is 2.26. The van der Waals surface area contributed by atoms with Crippen molar-refractivity contribution in [3.63, 3.8) is 0 Å². The van der Waals surface area contributed by atoms with Crippen LogP contribution in [0.4, 0.5) is 9.18 Å². The van der Waals surface area contributed by atoms with Gasteiger partial charge in [0.05, 0.1) is 17.0 Å². The summed E-state index contributed by atoms with van der Waals surface area (Å²) in [7, 11) is 0. The van der Waals surface area contributed by atoms with E-state index in [1.165, 1.54) is 23.5 Å². The predicted octanol–water partition coefficient (Wildman–Crippen LogP) is 4.37. The molecule has 1 atom stereocenters. The lowest BCUT2D eigenvalue weighted by atomic mass is 10.3. The van der Waals surface area contributed by atoms with E-state index in [0.29, 0.717) is 29.7 Å². The summed E-state index contributed by atoms with van der Waals surface area (Å²) in [5.41, 5.74) is 0. The summed E-state index contributed by atoms with van der Waals surface area (Å²) < 4.78 is 18.9. The minimum atomic E-state index is -0.295. The highest BCUT2D eigenvalue weighted by Gasteiger charge is 2.10. The first-order valence-electron chi connectivity index (χ1n) is 7.22. The summed E-state index contributed by atoms with van der Waals surface area (Å²) in [6.45, 7) is 2.84. The van der Waals surface area contributed by atoms with E-state index in [-0.39, 0.29) is 17.9 Å². The Morgan fingerprint density at radius 1 is 1.30 bits per heavy atom. The van der Waals surface area contributed by atoms with E-state index in [1.807, 2.05) is 19.1 Å². The van der Waals surface area contributed by atoms with Crippen molar-refractivity contribution in [2.24, 2.45) is 0 Å². The number of carbonyl (C=O) groups excluding carboxylic acids is 1. The van der Waals surface area contributed by atoms with Crippen LogP contribution in [0.5, 0.6) is 5.75 Å². The Kier molecular flexibility index (Phi) is 6.67.